The van der Waals surface area contributed by atoms with Gasteiger partial charge in [0.05, 0.1) is 16.4 Å². The zero-order valence-corrected chi connectivity index (χ0v) is 13.1. The highest BCUT2D eigenvalue weighted by Gasteiger charge is 2.20. The number of anilines is 2. The number of urea groups is 1. The van der Waals surface area contributed by atoms with Crippen LogP contribution in [0.15, 0.2) is 36.4 Å². The molecule has 0 bridgehead atoms. The highest BCUT2D eigenvalue weighted by molar-refractivity contribution is 6.36. The molecule has 6 nitrogen and oxygen atoms in total. The summed E-state index contributed by atoms with van der Waals surface area (Å²) in [7, 11) is 0. The van der Waals surface area contributed by atoms with Crippen molar-refractivity contribution in [3.05, 3.63) is 46.4 Å². The molecule has 3 amide bonds. The van der Waals surface area contributed by atoms with Gasteiger partial charge in [-0.25, -0.2) is 9.69 Å². The molecule has 8 heteroatoms. The van der Waals surface area contributed by atoms with Crippen LogP contribution in [0.25, 0.3) is 0 Å². The number of halogens is 2. The van der Waals surface area contributed by atoms with Gasteiger partial charge in [-0.15, -0.1) is 0 Å². The van der Waals surface area contributed by atoms with Gasteiger partial charge in [-0.1, -0.05) is 23.2 Å². The normalized spacial score (nSPS) is 11.9. The van der Waals surface area contributed by atoms with Crippen LogP contribution in [0.2, 0.25) is 10.0 Å². The molecule has 2 aromatic rings. The number of rotatable bonds is 3. The number of carbonyl (C=O) groups excluding carboxylic acids is 2. The van der Waals surface area contributed by atoms with Crippen LogP contribution in [0.3, 0.4) is 0 Å². The number of nitrogens with one attached hydrogen (secondary N) is 1. The second kappa shape index (κ2) is 6.36. The Hall–Kier alpha value is -2.44. The van der Waals surface area contributed by atoms with Gasteiger partial charge in [0.1, 0.15) is 0 Å². The van der Waals surface area contributed by atoms with E-state index in [4.69, 9.17) is 32.7 Å². The summed E-state index contributed by atoms with van der Waals surface area (Å²) < 4.78 is 10.4. The molecule has 0 saturated heterocycles. The SMILES string of the molecule is O=CN(C(=O)Nc1ccc(Cl)cc1Cl)c1ccc2c(c1)OCO2. The molecule has 1 aliphatic heterocycles. The fraction of sp³-hybridized carbons (Fsp3) is 0.0667. The summed E-state index contributed by atoms with van der Waals surface area (Å²) in [6.45, 7) is 0.104. The third kappa shape index (κ3) is 3.18. The number of amides is 3. The molecular weight excluding hydrogens is 343 g/mol. The molecule has 2 aromatic carbocycles. The van der Waals surface area contributed by atoms with Crippen molar-refractivity contribution in [1.29, 1.82) is 0 Å². The molecule has 1 N–H and O–H groups in total. The molecule has 0 radical (unpaired) electrons. The zero-order chi connectivity index (χ0) is 16.4. The van der Waals surface area contributed by atoms with Gasteiger partial charge < -0.3 is 14.8 Å². The molecule has 1 heterocycles. The van der Waals surface area contributed by atoms with Gasteiger partial charge >= 0.3 is 6.03 Å². The van der Waals surface area contributed by atoms with E-state index in [0.29, 0.717) is 34.3 Å². The molecule has 0 fully saturated rings. The Kier molecular flexibility index (Phi) is 4.27. The third-order valence-corrected chi connectivity index (χ3v) is 3.68. The Balaban J connectivity index is 1.83. The van der Waals surface area contributed by atoms with E-state index in [0.717, 1.165) is 4.90 Å². The van der Waals surface area contributed by atoms with Crippen molar-refractivity contribution < 1.29 is 19.1 Å². The highest BCUT2D eigenvalue weighted by Crippen LogP contribution is 2.35. The van der Waals surface area contributed by atoms with Crippen molar-refractivity contribution in [2.75, 3.05) is 17.0 Å². The van der Waals surface area contributed by atoms with Crippen LogP contribution in [0, 0.1) is 0 Å². The average Bonchev–Trinajstić information content (AvgIpc) is 2.98. The second-order valence-electron chi connectivity index (χ2n) is 4.57. The van der Waals surface area contributed by atoms with Crippen LogP contribution in [-0.2, 0) is 4.79 Å². The van der Waals surface area contributed by atoms with E-state index in [1.807, 2.05) is 0 Å². The van der Waals surface area contributed by atoms with Crippen molar-refractivity contribution >= 4 is 47.0 Å². The Morgan fingerprint density at radius 2 is 1.91 bits per heavy atom. The molecule has 0 atom stereocenters. The monoisotopic (exact) mass is 352 g/mol. The smallest absolute Gasteiger partial charge is 0.333 e. The standard InChI is InChI=1S/C15H10Cl2N2O4/c16-9-1-3-12(11(17)5-9)18-15(21)19(7-20)10-2-4-13-14(6-10)23-8-22-13/h1-7H,8H2,(H,18,21). The van der Waals surface area contributed by atoms with Crippen molar-refractivity contribution in [1.82, 2.24) is 0 Å². The number of nitrogens with zero attached hydrogens (tertiary/aromatic N) is 1. The molecule has 0 aromatic heterocycles. The number of ether oxygens (including phenoxy) is 2. The molecule has 0 unspecified atom stereocenters. The number of hydrogen-bond acceptors (Lipinski definition) is 4. The van der Waals surface area contributed by atoms with Crippen LogP contribution >= 0.6 is 23.2 Å². The lowest BCUT2D eigenvalue weighted by molar-refractivity contribution is -0.106. The Morgan fingerprint density at radius 3 is 2.65 bits per heavy atom. The predicted molar refractivity (Wildman–Crippen MR) is 86.6 cm³/mol. The minimum atomic E-state index is -0.664. The van der Waals surface area contributed by atoms with Crippen LogP contribution in [-0.4, -0.2) is 19.2 Å². The van der Waals surface area contributed by atoms with Crippen molar-refractivity contribution in [3.63, 3.8) is 0 Å². The molecule has 118 valence electrons. The highest BCUT2D eigenvalue weighted by atomic mass is 35.5. The van der Waals surface area contributed by atoms with Gasteiger partial charge in [-0.2, -0.15) is 0 Å². The number of carbonyl (C=O) groups is 2. The van der Waals surface area contributed by atoms with Gasteiger partial charge in [0, 0.05) is 11.1 Å². The van der Waals surface area contributed by atoms with Gasteiger partial charge in [-0.3, -0.25) is 4.79 Å². The topological polar surface area (TPSA) is 67.9 Å². The van der Waals surface area contributed by atoms with E-state index < -0.39 is 6.03 Å². The van der Waals surface area contributed by atoms with Crippen LogP contribution in [0.5, 0.6) is 11.5 Å². The van der Waals surface area contributed by atoms with Gasteiger partial charge in [-0.05, 0) is 30.3 Å². The zero-order valence-electron chi connectivity index (χ0n) is 11.6. The Morgan fingerprint density at radius 1 is 1.13 bits per heavy atom. The van der Waals surface area contributed by atoms with Crippen molar-refractivity contribution in [2.24, 2.45) is 0 Å². The van der Waals surface area contributed by atoms with Gasteiger partial charge in [0.25, 0.3) is 0 Å². The summed E-state index contributed by atoms with van der Waals surface area (Å²) in [5.41, 5.74) is 0.681. The molecule has 3 rings (SSSR count). The second-order valence-corrected chi connectivity index (χ2v) is 5.41. The average molecular weight is 353 g/mol. The van der Waals surface area contributed by atoms with Crippen molar-refractivity contribution in [3.8, 4) is 11.5 Å². The van der Waals surface area contributed by atoms with E-state index in [2.05, 4.69) is 5.32 Å². The maximum Gasteiger partial charge on any atom is 0.333 e. The van der Waals surface area contributed by atoms with Gasteiger partial charge in [0.2, 0.25) is 13.2 Å². The summed E-state index contributed by atoms with van der Waals surface area (Å²) in [4.78, 5) is 24.5. The lowest BCUT2D eigenvalue weighted by atomic mass is 10.2. The van der Waals surface area contributed by atoms with E-state index in [9.17, 15) is 9.59 Å². The predicted octanol–water partition coefficient (Wildman–Crippen LogP) is 3.92. The third-order valence-electron chi connectivity index (χ3n) is 3.13. The Bertz CT molecular complexity index is 782. The van der Waals surface area contributed by atoms with E-state index in [-0.39, 0.29) is 11.8 Å². The summed E-state index contributed by atoms with van der Waals surface area (Å²) >= 11 is 11.8. The number of fused-ring (bicyclic) bond motifs is 1. The number of imide groups is 1. The molecule has 1 aliphatic rings. The van der Waals surface area contributed by atoms with Gasteiger partial charge in [0.15, 0.2) is 11.5 Å². The number of benzene rings is 2. The fourth-order valence-electron chi connectivity index (χ4n) is 2.03. The minimum Gasteiger partial charge on any atom is -0.454 e. The fourth-order valence-corrected chi connectivity index (χ4v) is 2.48. The van der Waals surface area contributed by atoms with E-state index in [1.165, 1.54) is 6.07 Å². The van der Waals surface area contributed by atoms with Crippen LogP contribution < -0.4 is 19.7 Å². The van der Waals surface area contributed by atoms with Crippen molar-refractivity contribution in [2.45, 2.75) is 0 Å². The summed E-state index contributed by atoms with van der Waals surface area (Å²) in [6, 6.07) is 8.69. The minimum absolute atomic E-state index is 0.104. The lowest BCUT2D eigenvalue weighted by Gasteiger charge is -2.17. The van der Waals surface area contributed by atoms with Crippen LogP contribution in [0.4, 0.5) is 16.2 Å². The first-order valence-corrected chi connectivity index (χ1v) is 7.24. The van der Waals surface area contributed by atoms with Crippen LogP contribution in [0.1, 0.15) is 0 Å². The maximum absolute atomic E-state index is 12.3. The molecule has 0 spiro atoms. The lowest BCUT2D eigenvalue weighted by Crippen LogP contribution is -2.33. The summed E-state index contributed by atoms with van der Waals surface area (Å²) in [5.74, 6) is 1.02. The summed E-state index contributed by atoms with van der Waals surface area (Å²) in [6.07, 6.45) is 0.399. The Labute approximate surface area is 141 Å². The van der Waals surface area contributed by atoms with E-state index >= 15 is 0 Å². The largest absolute Gasteiger partial charge is 0.454 e. The van der Waals surface area contributed by atoms with E-state index in [1.54, 1.807) is 30.3 Å². The number of hydrogen-bond donors (Lipinski definition) is 1. The molecule has 23 heavy (non-hydrogen) atoms. The molecule has 0 aliphatic carbocycles. The first kappa shape index (κ1) is 15.5. The molecule has 0 saturated carbocycles. The maximum atomic E-state index is 12.3. The first-order chi connectivity index (χ1) is 11.1. The first-order valence-electron chi connectivity index (χ1n) is 6.48. The summed E-state index contributed by atoms with van der Waals surface area (Å²) in [5, 5.41) is 3.25. The molecular formula is C15H10Cl2N2O4. The quantitative estimate of drug-likeness (QED) is 0.850.